The summed E-state index contributed by atoms with van der Waals surface area (Å²) in [6.45, 7) is 0.903. The van der Waals surface area contributed by atoms with Crippen LogP contribution in [0, 0.1) is 5.92 Å². The Balaban J connectivity index is 2.04. The number of sulfonamides is 1. The minimum Gasteiger partial charge on any atom is -0.359 e. The smallest absolute Gasteiger partial charge is 0.244 e. The molecule has 1 saturated carbocycles. The first-order chi connectivity index (χ1) is 9.30. The van der Waals surface area contributed by atoms with Gasteiger partial charge in [-0.3, -0.25) is 0 Å². The third kappa shape index (κ3) is 3.11. The van der Waals surface area contributed by atoms with Crippen molar-refractivity contribution in [2.24, 2.45) is 11.7 Å². The lowest BCUT2D eigenvalue weighted by molar-refractivity contribution is 0.270. The van der Waals surface area contributed by atoms with E-state index < -0.39 is 10.0 Å². The van der Waals surface area contributed by atoms with Gasteiger partial charge < -0.3 is 10.6 Å². The van der Waals surface area contributed by atoms with Crippen LogP contribution in [0.1, 0.15) is 12.8 Å². The van der Waals surface area contributed by atoms with Crippen LogP contribution in [0.5, 0.6) is 0 Å². The van der Waals surface area contributed by atoms with Crippen LogP contribution in [0.4, 0.5) is 5.82 Å². The molecule has 112 valence electrons. The SMILES string of the molecule is CN(CC1CC(N)C1)c1ccc(S(=O)(=O)N(C)C)cn1. The largest absolute Gasteiger partial charge is 0.359 e. The molecule has 0 radical (unpaired) electrons. The number of anilines is 1. The summed E-state index contributed by atoms with van der Waals surface area (Å²) >= 11 is 0. The van der Waals surface area contributed by atoms with E-state index in [0.29, 0.717) is 12.0 Å². The Bertz CT molecular complexity index is 550. The lowest BCUT2D eigenvalue weighted by Gasteiger charge is -2.35. The van der Waals surface area contributed by atoms with Crippen molar-refractivity contribution >= 4 is 15.8 Å². The molecule has 20 heavy (non-hydrogen) atoms. The zero-order valence-corrected chi connectivity index (χ0v) is 13.0. The molecule has 0 aromatic carbocycles. The molecule has 1 aliphatic carbocycles. The fourth-order valence-corrected chi connectivity index (χ4v) is 3.23. The molecule has 1 aromatic rings. The van der Waals surface area contributed by atoms with Crippen LogP contribution in [-0.4, -0.2) is 51.4 Å². The maximum absolute atomic E-state index is 11.9. The molecule has 0 atom stereocenters. The Kier molecular flexibility index (Phi) is 4.31. The highest BCUT2D eigenvalue weighted by molar-refractivity contribution is 7.89. The van der Waals surface area contributed by atoms with Gasteiger partial charge in [0.1, 0.15) is 10.7 Å². The second kappa shape index (κ2) is 5.67. The fraction of sp³-hybridized carbons (Fsp3) is 0.615. The van der Waals surface area contributed by atoms with Gasteiger partial charge in [0.15, 0.2) is 0 Å². The summed E-state index contributed by atoms with van der Waals surface area (Å²) in [6, 6.07) is 3.68. The minimum absolute atomic E-state index is 0.213. The van der Waals surface area contributed by atoms with Crippen molar-refractivity contribution in [2.45, 2.75) is 23.8 Å². The van der Waals surface area contributed by atoms with Crippen molar-refractivity contribution in [3.63, 3.8) is 0 Å². The molecular weight excluding hydrogens is 276 g/mol. The monoisotopic (exact) mass is 298 g/mol. The second-order valence-electron chi connectivity index (χ2n) is 5.62. The molecule has 0 unspecified atom stereocenters. The Morgan fingerprint density at radius 3 is 2.40 bits per heavy atom. The molecule has 6 nitrogen and oxygen atoms in total. The summed E-state index contributed by atoms with van der Waals surface area (Å²) in [5.74, 6) is 1.39. The summed E-state index contributed by atoms with van der Waals surface area (Å²) < 4.78 is 25.1. The summed E-state index contributed by atoms with van der Waals surface area (Å²) in [4.78, 5) is 6.50. The van der Waals surface area contributed by atoms with Crippen LogP contribution in [0.25, 0.3) is 0 Å². The molecular formula is C13H22N4O2S. The average Bonchev–Trinajstić information content (AvgIpc) is 2.36. The molecule has 2 N–H and O–H groups in total. The van der Waals surface area contributed by atoms with Crippen LogP contribution in [0.3, 0.4) is 0 Å². The Labute approximate surface area is 120 Å². The highest BCUT2D eigenvalue weighted by Gasteiger charge is 2.27. The first-order valence-electron chi connectivity index (χ1n) is 6.66. The zero-order chi connectivity index (χ0) is 14.9. The minimum atomic E-state index is -3.41. The third-order valence-electron chi connectivity index (χ3n) is 3.69. The maximum Gasteiger partial charge on any atom is 0.244 e. The van der Waals surface area contributed by atoms with Gasteiger partial charge >= 0.3 is 0 Å². The van der Waals surface area contributed by atoms with E-state index in [0.717, 1.165) is 25.2 Å². The molecule has 0 aliphatic heterocycles. The highest BCUT2D eigenvalue weighted by atomic mass is 32.2. The molecule has 1 aliphatic rings. The Morgan fingerprint density at radius 1 is 1.30 bits per heavy atom. The Morgan fingerprint density at radius 2 is 1.95 bits per heavy atom. The maximum atomic E-state index is 11.9. The average molecular weight is 298 g/mol. The van der Waals surface area contributed by atoms with Gasteiger partial charge in [-0.25, -0.2) is 17.7 Å². The lowest BCUT2D eigenvalue weighted by atomic mass is 9.81. The van der Waals surface area contributed by atoms with Crippen LogP contribution in [0.15, 0.2) is 23.2 Å². The van der Waals surface area contributed by atoms with Gasteiger partial charge in [-0.15, -0.1) is 0 Å². The molecule has 7 heteroatoms. The van der Waals surface area contributed by atoms with Gasteiger partial charge in [0.05, 0.1) is 0 Å². The number of hydrogen-bond donors (Lipinski definition) is 1. The standard InChI is InChI=1S/C13H22N4O2S/c1-16(2)20(18,19)12-4-5-13(15-8-12)17(3)9-10-6-11(14)7-10/h4-5,8,10-11H,6-7,9,14H2,1-3H3. The van der Waals surface area contributed by atoms with E-state index in [2.05, 4.69) is 4.98 Å². The number of aromatic nitrogens is 1. The van der Waals surface area contributed by atoms with E-state index >= 15 is 0 Å². The van der Waals surface area contributed by atoms with Crippen molar-refractivity contribution in [1.29, 1.82) is 0 Å². The van der Waals surface area contributed by atoms with E-state index in [1.165, 1.54) is 24.6 Å². The van der Waals surface area contributed by atoms with Gasteiger partial charge in [0, 0.05) is 39.9 Å². The summed E-state index contributed by atoms with van der Waals surface area (Å²) in [6.07, 6.45) is 3.52. The topological polar surface area (TPSA) is 79.5 Å². The van der Waals surface area contributed by atoms with Crippen molar-refractivity contribution in [2.75, 3.05) is 32.6 Å². The van der Waals surface area contributed by atoms with E-state index in [1.54, 1.807) is 12.1 Å². The van der Waals surface area contributed by atoms with Crippen LogP contribution in [-0.2, 0) is 10.0 Å². The number of pyridine rings is 1. The molecule has 1 heterocycles. The highest BCUT2D eigenvalue weighted by Crippen LogP contribution is 2.27. The van der Waals surface area contributed by atoms with E-state index in [4.69, 9.17) is 5.73 Å². The molecule has 0 bridgehead atoms. The predicted octanol–water partition coefficient (Wildman–Crippen LogP) is 0.505. The van der Waals surface area contributed by atoms with E-state index in [9.17, 15) is 8.42 Å². The number of nitrogens with zero attached hydrogens (tertiary/aromatic N) is 3. The van der Waals surface area contributed by atoms with E-state index in [-0.39, 0.29) is 4.90 Å². The van der Waals surface area contributed by atoms with Gasteiger partial charge in [-0.05, 0) is 30.9 Å². The molecule has 0 saturated heterocycles. The first kappa shape index (κ1) is 15.2. The Hall–Kier alpha value is -1.18. The summed E-state index contributed by atoms with van der Waals surface area (Å²) in [5, 5.41) is 0. The van der Waals surface area contributed by atoms with Crippen molar-refractivity contribution in [1.82, 2.24) is 9.29 Å². The predicted molar refractivity (Wildman–Crippen MR) is 79.1 cm³/mol. The third-order valence-corrected chi connectivity index (χ3v) is 5.49. The van der Waals surface area contributed by atoms with Crippen LogP contribution < -0.4 is 10.6 Å². The van der Waals surface area contributed by atoms with E-state index in [1.807, 2.05) is 11.9 Å². The molecule has 0 spiro atoms. The quantitative estimate of drug-likeness (QED) is 0.856. The molecule has 2 rings (SSSR count). The summed E-state index contributed by atoms with van der Waals surface area (Å²) in [5.41, 5.74) is 5.77. The second-order valence-corrected chi connectivity index (χ2v) is 7.77. The van der Waals surface area contributed by atoms with Crippen molar-refractivity contribution in [3.05, 3.63) is 18.3 Å². The van der Waals surface area contributed by atoms with Crippen molar-refractivity contribution in [3.8, 4) is 0 Å². The molecule has 0 amide bonds. The van der Waals surface area contributed by atoms with Gasteiger partial charge in [0.2, 0.25) is 10.0 Å². The number of nitrogens with two attached hydrogens (primary N) is 1. The molecule has 1 fully saturated rings. The normalized spacial score (nSPS) is 22.6. The number of rotatable bonds is 5. The van der Waals surface area contributed by atoms with Crippen LogP contribution in [0.2, 0.25) is 0 Å². The summed E-state index contributed by atoms with van der Waals surface area (Å²) in [7, 11) is 1.58. The lowest BCUT2D eigenvalue weighted by Crippen LogP contribution is -2.42. The van der Waals surface area contributed by atoms with Gasteiger partial charge in [-0.2, -0.15) is 0 Å². The molecule has 1 aromatic heterocycles. The first-order valence-corrected chi connectivity index (χ1v) is 8.10. The van der Waals surface area contributed by atoms with Crippen LogP contribution >= 0.6 is 0 Å². The fourth-order valence-electron chi connectivity index (χ4n) is 2.38. The number of hydrogen-bond acceptors (Lipinski definition) is 5. The van der Waals surface area contributed by atoms with Gasteiger partial charge in [0.25, 0.3) is 0 Å². The van der Waals surface area contributed by atoms with Crippen molar-refractivity contribution < 1.29 is 8.42 Å². The zero-order valence-electron chi connectivity index (χ0n) is 12.2. The van der Waals surface area contributed by atoms with Gasteiger partial charge in [-0.1, -0.05) is 0 Å².